The first kappa shape index (κ1) is 20.5. The predicted molar refractivity (Wildman–Crippen MR) is 117 cm³/mol. The Morgan fingerprint density at radius 3 is 2.32 bits per heavy atom. The molecule has 7 nitrogen and oxygen atoms in total. The molecular formula is C23H18N4O3S. The molecule has 0 aliphatic carbocycles. The van der Waals surface area contributed by atoms with Gasteiger partial charge < -0.3 is 4.57 Å². The van der Waals surface area contributed by atoms with E-state index >= 15 is 0 Å². The van der Waals surface area contributed by atoms with E-state index in [9.17, 15) is 14.9 Å². The predicted octanol–water partition coefficient (Wildman–Crippen LogP) is 4.70. The number of hydrogen-bond donors (Lipinski definition) is 0. The van der Waals surface area contributed by atoms with E-state index in [-0.39, 0.29) is 17.0 Å². The molecule has 31 heavy (non-hydrogen) atoms. The van der Waals surface area contributed by atoms with Crippen LogP contribution in [0.1, 0.15) is 27.3 Å². The Bertz CT molecular complexity index is 1240. The highest BCUT2D eigenvalue weighted by molar-refractivity contribution is 7.99. The van der Waals surface area contributed by atoms with Gasteiger partial charge in [-0.2, -0.15) is 0 Å². The molecule has 0 radical (unpaired) electrons. The van der Waals surface area contributed by atoms with E-state index in [2.05, 4.69) is 10.2 Å². The van der Waals surface area contributed by atoms with Crippen molar-refractivity contribution in [2.75, 3.05) is 0 Å². The van der Waals surface area contributed by atoms with E-state index in [4.69, 9.17) is 0 Å². The first-order valence-corrected chi connectivity index (χ1v) is 10.3. The molecule has 0 saturated heterocycles. The zero-order chi connectivity index (χ0) is 21.8. The summed E-state index contributed by atoms with van der Waals surface area (Å²) in [4.78, 5) is 24.3. The van der Waals surface area contributed by atoms with Crippen LogP contribution in [-0.4, -0.2) is 25.5 Å². The summed E-state index contributed by atoms with van der Waals surface area (Å²) in [6.07, 6.45) is 0.609. The fraction of sp³-hybridized carbons (Fsp3) is 0.0870. The SMILES string of the molecule is Cn1c(Cc2ccccc2)nnc1Sc1ccc(C(=O)c2ccccc2)cc1[N+](=O)[O-]. The van der Waals surface area contributed by atoms with Crippen LogP contribution in [0.2, 0.25) is 0 Å². The van der Waals surface area contributed by atoms with Crippen molar-refractivity contribution in [3.63, 3.8) is 0 Å². The van der Waals surface area contributed by atoms with Crippen molar-refractivity contribution in [3.8, 4) is 0 Å². The van der Waals surface area contributed by atoms with Crippen molar-refractivity contribution in [1.82, 2.24) is 14.8 Å². The fourth-order valence-corrected chi connectivity index (χ4v) is 4.00. The maximum absolute atomic E-state index is 12.7. The smallest absolute Gasteiger partial charge is 0.284 e. The third kappa shape index (κ3) is 4.54. The van der Waals surface area contributed by atoms with E-state index in [1.54, 1.807) is 36.4 Å². The number of hydrogen-bond acceptors (Lipinski definition) is 6. The minimum Gasteiger partial charge on any atom is -0.309 e. The average Bonchev–Trinajstić information content (AvgIpc) is 3.13. The van der Waals surface area contributed by atoms with Crippen molar-refractivity contribution in [2.45, 2.75) is 16.5 Å². The lowest BCUT2D eigenvalue weighted by Gasteiger charge is -2.06. The summed E-state index contributed by atoms with van der Waals surface area (Å²) in [7, 11) is 1.83. The second-order valence-electron chi connectivity index (χ2n) is 6.86. The maximum Gasteiger partial charge on any atom is 0.284 e. The van der Waals surface area contributed by atoms with Gasteiger partial charge in [-0.15, -0.1) is 10.2 Å². The van der Waals surface area contributed by atoms with Gasteiger partial charge in [-0.05, 0) is 29.5 Å². The number of benzene rings is 3. The van der Waals surface area contributed by atoms with Crippen LogP contribution in [0.25, 0.3) is 0 Å². The Hall–Kier alpha value is -3.78. The Morgan fingerprint density at radius 1 is 0.968 bits per heavy atom. The maximum atomic E-state index is 12.7. The number of carbonyl (C=O) groups is 1. The Morgan fingerprint density at radius 2 is 1.65 bits per heavy atom. The van der Waals surface area contributed by atoms with Crippen molar-refractivity contribution in [1.29, 1.82) is 0 Å². The molecule has 1 heterocycles. The molecule has 0 amide bonds. The van der Waals surface area contributed by atoms with Crippen LogP contribution < -0.4 is 0 Å². The van der Waals surface area contributed by atoms with Crippen LogP contribution in [-0.2, 0) is 13.5 Å². The van der Waals surface area contributed by atoms with E-state index < -0.39 is 4.92 Å². The summed E-state index contributed by atoms with van der Waals surface area (Å²) < 4.78 is 1.82. The first-order valence-electron chi connectivity index (χ1n) is 9.51. The second kappa shape index (κ2) is 8.93. The zero-order valence-electron chi connectivity index (χ0n) is 16.6. The number of nitro benzene ring substituents is 1. The molecule has 0 unspecified atom stereocenters. The third-order valence-corrected chi connectivity index (χ3v) is 5.89. The Labute approximate surface area is 182 Å². The molecular weight excluding hydrogens is 412 g/mol. The topological polar surface area (TPSA) is 90.9 Å². The average molecular weight is 430 g/mol. The highest BCUT2D eigenvalue weighted by Gasteiger charge is 2.21. The fourth-order valence-electron chi connectivity index (χ4n) is 3.11. The normalized spacial score (nSPS) is 10.7. The van der Waals surface area contributed by atoms with Crippen molar-refractivity contribution in [3.05, 3.63) is 111 Å². The molecule has 4 rings (SSSR count). The largest absolute Gasteiger partial charge is 0.309 e. The van der Waals surface area contributed by atoms with Crippen molar-refractivity contribution < 1.29 is 9.72 Å². The first-order chi connectivity index (χ1) is 15.0. The molecule has 4 aromatic rings. The van der Waals surface area contributed by atoms with Crippen LogP contribution >= 0.6 is 11.8 Å². The number of aromatic nitrogens is 3. The Kier molecular flexibility index (Phi) is 5.90. The van der Waals surface area contributed by atoms with Crippen LogP contribution in [0, 0.1) is 10.1 Å². The number of rotatable bonds is 7. The van der Waals surface area contributed by atoms with E-state index in [0.717, 1.165) is 23.1 Å². The van der Waals surface area contributed by atoms with Crippen LogP contribution in [0.15, 0.2) is 88.9 Å². The van der Waals surface area contributed by atoms with E-state index in [0.29, 0.717) is 22.0 Å². The van der Waals surface area contributed by atoms with Crippen molar-refractivity contribution in [2.24, 2.45) is 7.05 Å². The minimum absolute atomic E-state index is 0.139. The summed E-state index contributed by atoms with van der Waals surface area (Å²) >= 11 is 1.15. The van der Waals surface area contributed by atoms with Gasteiger partial charge >= 0.3 is 0 Å². The monoisotopic (exact) mass is 430 g/mol. The van der Waals surface area contributed by atoms with Crippen molar-refractivity contribution >= 4 is 23.2 Å². The lowest BCUT2D eigenvalue weighted by atomic mass is 10.0. The highest BCUT2D eigenvalue weighted by Crippen LogP contribution is 2.35. The van der Waals surface area contributed by atoms with Gasteiger partial charge in [0.05, 0.1) is 9.82 Å². The number of carbonyl (C=O) groups excluding carboxylic acids is 1. The molecule has 0 aliphatic rings. The number of nitro groups is 1. The summed E-state index contributed by atoms with van der Waals surface area (Å²) in [5, 5.41) is 20.7. The van der Waals surface area contributed by atoms with E-state index in [1.165, 1.54) is 6.07 Å². The number of ketones is 1. The molecule has 0 bridgehead atoms. The molecule has 0 N–H and O–H groups in total. The van der Waals surface area contributed by atoms with Crippen LogP contribution in [0.3, 0.4) is 0 Å². The van der Waals surface area contributed by atoms with Gasteiger partial charge in [0.1, 0.15) is 5.82 Å². The standard InChI is InChI=1S/C23H18N4O3S/c1-26-21(14-16-8-4-2-5-9-16)24-25-23(26)31-20-13-12-18(15-19(20)27(29)30)22(28)17-10-6-3-7-11-17/h2-13,15H,14H2,1H3. The Balaban J connectivity index is 1.60. The van der Waals surface area contributed by atoms with Gasteiger partial charge in [0.2, 0.25) is 0 Å². The lowest BCUT2D eigenvalue weighted by molar-refractivity contribution is -0.387. The van der Waals surface area contributed by atoms with Gasteiger partial charge in [0, 0.05) is 30.7 Å². The van der Waals surface area contributed by atoms with Gasteiger partial charge in [0.15, 0.2) is 10.9 Å². The molecule has 0 atom stereocenters. The number of nitrogens with zero attached hydrogens (tertiary/aromatic N) is 4. The minimum atomic E-state index is -0.481. The molecule has 8 heteroatoms. The lowest BCUT2D eigenvalue weighted by Crippen LogP contribution is -2.03. The molecule has 0 saturated carbocycles. The van der Waals surface area contributed by atoms with Crippen LogP contribution in [0.5, 0.6) is 0 Å². The van der Waals surface area contributed by atoms with Gasteiger partial charge in [0.25, 0.3) is 5.69 Å². The van der Waals surface area contributed by atoms with Crippen LogP contribution in [0.4, 0.5) is 5.69 Å². The molecule has 3 aromatic carbocycles. The molecule has 0 spiro atoms. The summed E-state index contributed by atoms with van der Waals surface area (Å²) in [6.45, 7) is 0. The zero-order valence-corrected chi connectivity index (χ0v) is 17.5. The summed E-state index contributed by atoms with van der Waals surface area (Å²) in [5.74, 6) is 0.497. The summed E-state index contributed by atoms with van der Waals surface area (Å²) in [6, 6.07) is 23.1. The highest BCUT2D eigenvalue weighted by atomic mass is 32.2. The van der Waals surface area contributed by atoms with E-state index in [1.807, 2.05) is 48.0 Å². The molecule has 0 aliphatic heterocycles. The summed E-state index contributed by atoms with van der Waals surface area (Å²) in [5.41, 5.74) is 1.71. The third-order valence-electron chi connectivity index (χ3n) is 4.79. The van der Waals surface area contributed by atoms with Gasteiger partial charge in [-0.25, -0.2) is 0 Å². The second-order valence-corrected chi connectivity index (χ2v) is 7.87. The quantitative estimate of drug-likeness (QED) is 0.240. The molecule has 154 valence electrons. The molecule has 0 fully saturated rings. The van der Waals surface area contributed by atoms with Gasteiger partial charge in [-0.1, -0.05) is 60.7 Å². The molecule has 1 aromatic heterocycles. The van der Waals surface area contributed by atoms with Gasteiger partial charge in [-0.3, -0.25) is 14.9 Å².